The lowest BCUT2D eigenvalue weighted by atomic mass is 9.95. The molecule has 0 saturated carbocycles. The van der Waals surface area contributed by atoms with Gasteiger partial charge in [-0.05, 0) is 92.4 Å². The van der Waals surface area contributed by atoms with Gasteiger partial charge in [-0.2, -0.15) is 5.10 Å². The third-order valence-corrected chi connectivity index (χ3v) is 11.8. The van der Waals surface area contributed by atoms with Crippen LogP contribution in [0.4, 0.5) is 22.9 Å². The van der Waals surface area contributed by atoms with E-state index in [1.54, 1.807) is 23.0 Å². The average Bonchev–Trinajstić information content (AvgIpc) is 3.79. The number of piperidine rings is 2. The summed E-state index contributed by atoms with van der Waals surface area (Å²) in [4.78, 5) is 69.6. The normalized spacial score (nSPS) is 19.0. The minimum atomic E-state index is -0.967. The molecule has 0 spiro atoms. The molecule has 298 valence electrons. The minimum Gasteiger partial charge on any atom is -0.457 e. The standard InChI is InChI=1S/C43H41N11O5/c1-25-16-28(3-8-37(25)59-31-12-15-53-38(19-31)45-24-47-53)49-40-34-17-29(2-6-35(34)44-23-46-40)48-27-10-13-51(14-11-27)20-26-21-52(22-26)30-4-5-32-33(18-30)43(58)54(42(32)57)36-7-9-39(55)50-41(36)56/h2-6,8,12,15-19,23-24,26-27,36,48H,7,9-11,13-14,20-22H2,1H3,(H,44,46,49)(H,50,55,56). The van der Waals surface area contributed by atoms with Gasteiger partial charge < -0.3 is 25.2 Å². The Morgan fingerprint density at radius 2 is 1.66 bits per heavy atom. The van der Waals surface area contributed by atoms with Gasteiger partial charge in [0.25, 0.3) is 11.8 Å². The molecule has 10 rings (SSSR count). The molecule has 3 N–H and O–H groups in total. The van der Waals surface area contributed by atoms with E-state index in [4.69, 9.17) is 4.74 Å². The van der Waals surface area contributed by atoms with E-state index >= 15 is 0 Å². The first-order valence-electron chi connectivity index (χ1n) is 19.9. The summed E-state index contributed by atoms with van der Waals surface area (Å²) in [7, 11) is 0. The number of aryl methyl sites for hydroxylation is 1. The number of carbonyl (C=O) groups is 4. The fourth-order valence-electron chi connectivity index (χ4n) is 8.62. The van der Waals surface area contributed by atoms with Crippen molar-refractivity contribution in [1.29, 1.82) is 0 Å². The van der Waals surface area contributed by atoms with Gasteiger partial charge in [0.15, 0.2) is 5.65 Å². The lowest BCUT2D eigenvalue weighted by Crippen LogP contribution is -2.54. The van der Waals surface area contributed by atoms with Crippen LogP contribution in [0.5, 0.6) is 11.5 Å². The van der Waals surface area contributed by atoms with Crippen LogP contribution in [0, 0.1) is 12.8 Å². The Balaban J connectivity index is 0.717. The van der Waals surface area contributed by atoms with Crippen molar-refractivity contribution in [3.05, 3.63) is 102 Å². The molecular formula is C43H41N11O5. The van der Waals surface area contributed by atoms with E-state index in [1.165, 1.54) is 6.33 Å². The van der Waals surface area contributed by atoms with Gasteiger partial charge in [-0.1, -0.05) is 0 Å². The zero-order valence-corrected chi connectivity index (χ0v) is 32.3. The fraction of sp³-hybridized carbons (Fsp3) is 0.302. The van der Waals surface area contributed by atoms with E-state index in [2.05, 4.69) is 57.9 Å². The Morgan fingerprint density at radius 3 is 2.49 bits per heavy atom. The van der Waals surface area contributed by atoms with Crippen LogP contribution >= 0.6 is 0 Å². The van der Waals surface area contributed by atoms with Crippen molar-refractivity contribution in [2.75, 3.05) is 48.3 Å². The Bertz CT molecular complexity index is 2670. The number of ether oxygens (including phenoxy) is 1. The van der Waals surface area contributed by atoms with Crippen LogP contribution in [0.2, 0.25) is 0 Å². The summed E-state index contributed by atoms with van der Waals surface area (Å²) in [6, 6.07) is 20.6. The number of rotatable bonds is 10. The zero-order chi connectivity index (χ0) is 40.2. The molecule has 16 heteroatoms. The van der Waals surface area contributed by atoms with Crippen LogP contribution in [0.25, 0.3) is 16.6 Å². The van der Waals surface area contributed by atoms with E-state index in [0.29, 0.717) is 34.5 Å². The third-order valence-electron chi connectivity index (χ3n) is 11.8. The highest BCUT2D eigenvalue weighted by Crippen LogP contribution is 2.35. The van der Waals surface area contributed by atoms with Crippen molar-refractivity contribution in [3.8, 4) is 11.5 Å². The van der Waals surface area contributed by atoms with E-state index < -0.39 is 23.8 Å². The van der Waals surface area contributed by atoms with Crippen LogP contribution in [0.15, 0.2) is 85.6 Å². The van der Waals surface area contributed by atoms with Crippen LogP contribution < -0.4 is 25.6 Å². The van der Waals surface area contributed by atoms with Crippen molar-refractivity contribution >= 4 is 63.1 Å². The van der Waals surface area contributed by atoms with Crippen molar-refractivity contribution in [3.63, 3.8) is 0 Å². The van der Waals surface area contributed by atoms with Gasteiger partial charge in [0.05, 0.1) is 16.6 Å². The molecule has 0 aliphatic carbocycles. The number of amides is 4. The minimum absolute atomic E-state index is 0.0955. The Hall–Kier alpha value is -6.94. The largest absolute Gasteiger partial charge is 0.457 e. The zero-order valence-electron chi connectivity index (χ0n) is 32.3. The molecule has 4 amide bonds. The van der Waals surface area contributed by atoms with Crippen LogP contribution in [-0.4, -0.2) is 103 Å². The van der Waals surface area contributed by atoms with E-state index in [-0.39, 0.29) is 18.7 Å². The van der Waals surface area contributed by atoms with Crippen molar-refractivity contribution in [2.45, 2.75) is 44.7 Å². The molecule has 0 bridgehead atoms. The van der Waals surface area contributed by atoms with Gasteiger partial charge in [-0.15, -0.1) is 0 Å². The Kier molecular flexibility index (Phi) is 9.12. The summed E-state index contributed by atoms with van der Waals surface area (Å²) in [5.74, 6) is 0.697. The first-order valence-corrected chi connectivity index (χ1v) is 19.9. The average molecular weight is 792 g/mol. The highest BCUT2D eigenvalue weighted by atomic mass is 16.5. The van der Waals surface area contributed by atoms with Gasteiger partial charge in [-0.25, -0.2) is 19.5 Å². The van der Waals surface area contributed by atoms with Crippen LogP contribution in [0.1, 0.15) is 52.0 Å². The number of nitrogens with zero attached hydrogens (tertiary/aromatic N) is 8. The Labute approximate surface area is 338 Å². The van der Waals surface area contributed by atoms with Crippen molar-refractivity contribution in [1.82, 2.24) is 39.7 Å². The number of fused-ring (bicyclic) bond motifs is 3. The first-order chi connectivity index (χ1) is 28.7. The smallest absolute Gasteiger partial charge is 0.262 e. The first kappa shape index (κ1) is 36.4. The summed E-state index contributed by atoms with van der Waals surface area (Å²) >= 11 is 0. The number of nitrogens with one attached hydrogen (secondary N) is 3. The number of aromatic nitrogens is 5. The molecule has 4 aliphatic rings. The van der Waals surface area contributed by atoms with Gasteiger partial charge in [0, 0.05) is 85.8 Å². The molecule has 3 aromatic carbocycles. The number of carbonyl (C=O) groups excluding carboxylic acids is 4. The molecule has 16 nitrogen and oxygen atoms in total. The number of pyridine rings is 1. The van der Waals surface area contributed by atoms with Gasteiger partial charge in [0.2, 0.25) is 11.8 Å². The highest BCUT2D eigenvalue weighted by Gasteiger charge is 2.45. The van der Waals surface area contributed by atoms with Crippen LogP contribution in [0.3, 0.4) is 0 Å². The number of hydrogen-bond donors (Lipinski definition) is 3. The Morgan fingerprint density at radius 1 is 0.831 bits per heavy atom. The molecule has 7 heterocycles. The molecule has 3 saturated heterocycles. The van der Waals surface area contributed by atoms with Crippen molar-refractivity contribution in [2.24, 2.45) is 5.92 Å². The number of likely N-dealkylation sites (tertiary alicyclic amines) is 1. The van der Waals surface area contributed by atoms with Crippen LogP contribution in [-0.2, 0) is 9.59 Å². The molecule has 0 radical (unpaired) electrons. The third kappa shape index (κ3) is 7.05. The maximum Gasteiger partial charge on any atom is 0.262 e. The van der Waals surface area contributed by atoms with Crippen molar-refractivity contribution < 1.29 is 23.9 Å². The molecule has 6 aromatic rings. The molecule has 59 heavy (non-hydrogen) atoms. The summed E-state index contributed by atoms with van der Waals surface area (Å²) in [6.07, 6.45) is 7.19. The molecule has 4 aliphatic heterocycles. The maximum absolute atomic E-state index is 13.3. The number of imide groups is 2. The van der Waals surface area contributed by atoms with Gasteiger partial charge in [-0.3, -0.25) is 29.4 Å². The lowest BCUT2D eigenvalue weighted by Gasteiger charge is -2.44. The molecule has 1 unspecified atom stereocenters. The molecule has 3 fully saturated rings. The molecule has 1 atom stereocenters. The summed E-state index contributed by atoms with van der Waals surface area (Å²) in [5.41, 5.74) is 5.96. The molecule has 3 aromatic heterocycles. The monoisotopic (exact) mass is 791 g/mol. The molecular weight excluding hydrogens is 751 g/mol. The fourth-order valence-corrected chi connectivity index (χ4v) is 8.62. The van der Waals surface area contributed by atoms with Gasteiger partial charge >= 0.3 is 0 Å². The second-order valence-corrected chi connectivity index (χ2v) is 15.8. The van der Waals surface area contributed by atoms with E-state index in [9.17, 15) is 19.2 Å². The quantitative estimate of drug-likeness (QED) is 0.159. The lowest BCUT2D eigenvalue weighted by molar-refractivity contribution is -0.136. The summed E-state index contributed by atoms with van der Waals surface area (Å²) < 4.78 is 7.85. The SMILES string of the molecule is Cc1cc(Nc2ncnc3ccc(NC4CCN(CC5CN(c6ccc7c(c6)C(=O)N(C6CCC(=O)NC6=O)C7=O)C5)CC4)cc23)ccc1Oc1ccn2ncnc2c1. The number of hydrogen-bond acceptors (Lipinski definition) is 13. The summed E-state index contributed by atoms with van der Waals surface area (Å²) in [6.45, 7) is 6.74. The second kappa shape index (κ2) is 14.8. The predicted octanol–water partition coefficient (Wildman–Crippen LogP) is 4.93. The van der Waals surface area contributed by atoms with E-state index in [0.717, 1.165) is 95.6 Å². The topological polar surface area (TPSA) is 179 Å². The number of anilines is 4. The maximum atomic E-state index is 13.3. The highest BCUT2D eigenvalue weighted by molar-refractivity contribution is 6.23. The van der Waals surface area contributed by atoms with Gasteiger partial charge in [0.1, 0.15) is 36.0 Å². The van der Waals surface area contributed by atoms with E-state index in [1.807, 2.05) is 55.6 Å². The number of benzene rings is 3. The second-order valence-electron chi connectivity index (χ2n) is 15.8. The summed E-state index contributed by atoms with van der Waals surface area (Å²) in [5, 5.41) is 14.6. The predicted molar refractivity (Wildman–Crippen MR) is 219 cm³/mol.